The molecule has 0 N–H and O–H groups in total. The van der Waals surface area contributed by atoms with Crippen molar-refractivity contribution in [2.45, 2.75) is 6.92 Å². The van der Waals surface area contributed by atoms with E-state index in [1.807, 2.05) is 13.0 Å². The Kier molecular flexibility index (Phi) is 4.05. The Hall–Kier alpha value is -2.76. The van der Waals surface area contributed by atoms with Crippen molar-refractivity contribution >= 4 is 17.1 Å². The molecular weight excluding hydrogens is 258 g/mol. The fourth-order valence-corrected chi connectivity index (χ4v) is 1.71. The number of methoxy groups -OCH3 is 1. The highest BCUT2D eigenvalue weighted by Gasteiger charge is 2.05. The number of aryl methyl sites for hydroxylation is 1. The van der Waals surface area contributed by atoms with Crippen molar-refractivity contribution in [3.05, 3.63) is 58.1 Å². The van der Waals surface area contributed by atoms with Crippen LogP contribution in [0.2, 0.25) is 0 Å². The second kappa shape index (κ2) is 5.92. The van der Waals surface area contributed by atoms with Gasteiger partial charge in [0, 0.05) is 12.1 Å². The van der Waals surface area contributed by atoms with E-state index in [4.69, 9.17) is 4.74 Å². The Morgan fingerprint density at radius 1 is 1.10 bits per heavy atom. The van der Waals surface area contributed by atoms with Crippen LogP contribution in [-0.4, -0.2) is 12.0 Å². The van der Waals surface area contributed by atoms with Crippen LogP contribution in [0.25, 0.3) is 0 Å². The van der Waals surface area contributed by atoms with Gasteiger partial charge in [0.2, 0.25) is 0 Å². The minimum atomic E-state index is -0.462. The predicted octanol–water partition coefficient (Wildman–Crippen LogP) is 4.33. The average molecular weight is 271 g/mol. The van der Waals surface area contributed by atoms with E-state index in [-0.39, 0.29) is 5.69 Å². The Balaban J connectivity index is 2.23. The first-order valence-electron chi connectivity index (χ1n) is 5.91. The zero-order valence-electron chi connectivity index (χ0n) is 11.1. The van der Waals surface area contributed by atoms with E-state index >= 15 is 0 Å². The molecule has 6 heteroatoms. The molecule has 2 rings (SSSR count). The topological polar surface area (TPSA) is 77.1 Å². The number of benzene rings is 2. The maximum Gasteiger partial charge on any atom is 0.271 e. The van der Waals surface area contributed by atoms with E-state index in [9.17, 15) is 10.1 Å². The minimum Gasteiger partial charge on any atom is -0.496 e. The quantitative estimate of drug-likeness (QED) is 0.471. The molecule has 0 atom stereocenters. The summed E-state index contributed by atoms with van der Waals surface area (Å²) < 4.78 is 5.16. The first-order valence-corrected chi connectivity index (χ1v) is 5.91. The van der Waals surface area contributed by atoms with E-state index < -0.39 is 4.92 Å². The van der Waals surface area contributed by atoms with Crippen LogP contribution < -0.4 is 4.74 Å². The molecule has 6 nitrogen and oxygen atoms in total. The van der Waals surface area contributed by atoms with E-state index in [1.54, 1.807) is 31.4 Å². The zero-order chi connectivity index (χ0) is 14.5. The highest BCUT2D eigenvalue weighted by atomic mass is 16.6. The van der Waals surface area contributed by atoms with Gasteiger partial charge in [-0.2, -0.15) is 10.2 Å². The fraction of sp³-hybridized carbons (Fsp3) is 0.143. The molecule has 0 spiro atoms. The van der Waals surface area contributed by atoms with Crippen LogP contribution in [0, 0.1) is 17.0 Å². The van der Waals surface area contributed by atoms with Gasteiger partial charge in [0.05, 0.1) is 23.4 Å². The molecule has 0 bridgehead atoms. The van der Waals surface area contributed by atoms with E-state index in [2.05, 4.69) is 10.2 Å². The molecule has 0 aromatic heterocycles. The van der Waals surface area contributed by atoms with Gasteiger partial charge in [-0.1, -0.05) is 6.07 Å². The molecule has 0 aliphatic rings. The molecule has 0 saturated carbocycles. The predicted molar refractivity (Wildman–Crippen MR) is 75.0 cm³/mol. The summed E-state index contributed by atoms with van der Waals surface area (Å²) in [5, 5.41) is 18.7. The summed E-state index contributed by atoms with van der Waals surface area (Å²) in [6.07, 6.45) is 0. The van der Waals surface area contributed by atoms with Crippen LogP contribution >= 0.6 is 0 Å². The van der Waals surface area contributed by atoms with Crippen LogP contribution in [0.3, 0.4) is 0 Å². The van der Waals surface area contributed by atoms with Crippen molar-refractivity contribution in [1.82, 2.24) is 0 Å². The molecule has 2 aromatic carbocycles. The summed E-state index contributed by atoms with van der Waals surface area (Å²) >= 11 is 0. The van der Waals surface area contributed by atoms with E-state index in [0.717, 1.165) is 11.3 Å². The number of hydrogen-bond donors (Lipinski definition) is 0. The minimum absolute atomic E-state index is 0.00707. The lowest BCUT2D eigenvalue weighted by Gasteiger charge is -2.03. The SMILES string of the molecule is COc1ccc(N=Nc2cccc([N+](=O)[O-])c2)cc1C. The normalized spacial score (nSPS) is 10.7. The first-order chi connectivity index (χ1) is 9.60. The Morgan fingerprint density at radius 3 is 2.40 bits per heavy atom. The summed E-state index contributed by atoms with van der Waals surface area (Å²) in [6, 6.07) is 11.4. The van der Waals surface area contributed by atoms with Crippen LogP contribution in [0.4, 0.5) is 17.1 Å². The summed E-state index contributed by atoms with van der Waals surface area (Å²) in [5.74, 6) is 0.777. The van der Waals surface area contributed by atoms with Crippen LogP contribution in [-0.2, 0) is 0 Å². The van der Waals surface area contributed by atoms with Crippen LogP contribution in [0.15, 0.2) is 52.7 Å². The third-order valence-electron chi connectivity index (χ3n) is 2.70. The Bertz CT molecular complexity index is 668. The second-order valence-corrected chi connectivity index (χ2v) is 4.13. The molecular formula is C14H13N3O3. The molecule has 0 heterocycles. The van der Waals surface area contributed by atoms with Gasteiger partial charge in [-0.3, -0.25) is 10.1 Å². The van der Waals surface area contributed by atoms with Gasteiger partial charge in [0.1, 0.15) is 5.75 Å². The van der Waals surface area contributed by atoms with Crippen molar-refractivity contribution in [1.29, 1.82) is 0 Å². The van der Waals surface area contributed by atoms with Gasteiger partial charge < -0.3 is 4.74 Å². The largest absolute Gasteiger partial charge is 0.496 e. The molecule has 0 aliphatic carbocycles. The number of ether oxygens (including phenoxy) is 1. The summed E-state index contributed by atoms with van der Waals surface area (Å²) in [5.41, 5.74) is 2.04. The molecule has 0 saturated heterocycles. The van der Waals surface area contributed by atoms with Crippen molar-refractivity contribution < 1.29 is 9.66 Å². The van der Waals surface area contributed by atoms with Gasteiger partial charge in [-0.15, -0.1) is 0 Å². The fourth-order valence-electron chi connectivity index (χ4n) is 1.71. The van der Waals surface area contributed by atoms with Crippen molar-refractivity contribution in [3.8, 4) is 5.75 Å². The van der Waals surface area contributed by atoms with Crippen molar-refractivity contribution in [2.75, 3.05) is 7.11 Å². The van der Waals surface area contributed by atoms with Crippen molar-refractivity contribution in [3.63, 3.8) is 0 Å². The molecule has 20 heavy (non-hydrogen) atoms. The van der Waals surface area contributed by atoms with Gasteiger partial charge >= 0.3 is 0 Å². The number of nitro benzene ring substituents is 1. The molecule has 0 radical (unpaired) electrons. The number of non-ortho nitro benzene ring substituents is 1. The summed E-state index contributed by atoms with van der Waals surface area (Å²) in [6.45, 7) is 1.91. The third kappa shape index (κ3) is 3.17. The Morgan fingerprint density at radius 2 is 1.80 bits per heavy atom. The third-order valence-corrected chi connectivity index (χ3v) is 2.70. The van der Waals surface area contributed by atoms with Crippen molar-refractivity contribution in [2.24, 2.45) is 10.2 Å². The zero-order valence-corrected chi connectivity index (χ0v) is 11.1. The molecule has 102 valence electrons. The monoisotopic (exact) mass is 271 g/mol. The van der Waals surface area contributed by atoms with Gasteiger partial charge in [-0.05, 0) is 36.8 Å². The van der Waals surface area contributed by atoms with Gasteiger partial charge in [-0.25, -0.2) is 0 Å². The second-order valence-electron chi connectivity index (χ2n) is 4.13. The summed E-state index contributed by atoms with van der Waals surface area (Å²) in [7, 11) is 1.60. The summed E-state index contributed by atoms with van der Waals surface area (Å²) in [4.78, 5) is 10.2. The average Bonchev–Trinajstić information content (AvgIpc) is 2.45. The number of hydrogen-bond acceptors (Lipinski definition) is 5. The standard InChI is InChI=1S/C14H13N3O3/c1-10-8-12(6-7-14(10)20-2)16-15-11-4-3-5-13(9-11)17(18)19/h3-9H,1-2H3. The van der Waals surface area contributed by atoms with E-state index in [1.165, 1.54) is 12.1 Å². The number of nitro groups is 1. The maximum absolute atomic E-state index is 10.7. The van der Waals surface area contributed by atoms with Gasteiger partial charge in [0.25, 0.3) is 5.69 Å². The molecule has 2 aromatic rings. The Labute approximate surface area is 115 Å². The number of rotatable bonds is 4. The first kappa shape index (κ1) is 13.7. The molecule has 0 aliphatic heterocycles. The van der Waals surface area contributed by atoms with Crippen LogP contribution in [0.5, 0.6) is 5.75 Å². The lowest BCUT2D eigenvalue weighted by Crippen LogP contribution is -1.86. The van der Waals surface area contributed by atoms with E-state index in [0.29, 0.717) is 11.4 Å². The maximum atomic E-state index is 10.7. The molecule has 0 amide bonds. The number of azo groups is 1. The number of nitrogens with zero attached hydrogens (tertiary/aromatic N) is 3. The molecule has 0 fully saturated rings. The van der Waals surface area contributed by atoms with Crippen LogP contribution in [0.1, 0.15) is 5.56 Å². The highest BCUT2D eigenvalue weighted by Crippen LogP contribution is 2.26. The lowest BCUT2D eigenvalue weighted by atomic mass is 10.2. The smallest absolute Gasteiger partial charge is 0.271 e. The molecule has 0 unspecified atom stereocenters. The van der Waals surface area contributed by atoms with Gasteiger partial charge in [0.15, 0.2) is 0 Å². The lowest BCUT2D eigenvalue weighted by molar-refractivity contribution is -0.384. The highest BCUT2D eigenvalue weighted by molar-refractivity contribution is 5.49.